The van der Waals surface area contributed by atoms with Gasteiger partial charge in [0.1, 0.15) is 5.60 Å². The van der Waals surface area contributed by atoms with Gasteiger partial charge in [0.05, 0.1) is 19.0 Å². The number of anilines is 1. The van der Waals surface area contributed by atoms with Crippen molar-refractivity contribution in [2.75, 3.05) is 25.1 Å². The zero-order valence-corrected chi connectivity index (χ0v) is 19.9. The molecule has 0 unspecified atom stereocenters. The highest BCUT2D eigenvalue weighted by Gasteiger charge is 2.15. The molecule has 0 aliphatic rings. The van der Waals surface area contributed by atoms with Gasteiger partial charge in [-0.3, -0.25) is 0 Å². The number of rotatable bonds is 13. The predicted octanol–water partition coefficient (Wildman–Crippen LogP) is 4.34. The van der Waals surface area contributed by atoms with Crippen molar-refractivity contribution in [1.29, 1.82) is 5.26 Å². The summed E-state index contributed by atoms with van der Waals surface area (Å²) in [6, 6.07) is 3.61. The number of aromatic nitrogens is 1. The second-order valence-electron chi connectivity index (χ2n) is 8.54. The first-order valence-corrected chi connectivity index (χ1v) is 11.2. The number of hydrogen-bond acceptors (Lipinski definition) is 6. The number of hydrogen-bond donors (Lipinski definition) is 2. The van der Waals surface area contributed by atoms with Gasteiger partial charge in [0, 0.05) is 19.2 Å². The molecule has 3 N–H and O–H groups in total. The van der Waals surface area contributed by atoms with Gasteiger partial charge in [-0.2, -0.15) is 5.26 Å². The van der Waals surface area contributed by atoms with Crippen LogP contribution in [0.5, 0.6) is 5.88 Å². The lowest BCUT2D eigenvalue weighted by Crippen LogP contribution is -2.38. The highest BCUT2D eigenvalue weighted by molar-refractivity contribution is 5.95. The van der Waals surface area contributed by atoms with Crippen LogP contribution in [0.2, 0.25) is 0 Å². The van der Waals surface area contributed by atoms with Crippen molar-refractivity contribution in [1.82, 2.24) is 10.3 Å². The maximum Gasteiger partial charge on any atom is 0.407 e. The van der Waals surface area contributed by atoms with Crippen LogP contribution in [-0.2, 0) is 4.74 Å². The monoisotopic (exact) mass is 446 g/mol. The van der Waals surface area contributed by atoms with Gasteiger partial charge in [-0.25, -0.2) is 9.78 Å². The lowest BCUT2D eigenvalue weighted by atomic mass is 10.1. The molecule has 0 bridgehead atoms. The van der Waals surface area contributed by atoms with Gasteiger partial charge in [-0.1, -0.05) is 38.5 Å². The summed E-state index contributed by atoms with van der Waals surface area (Å²) in [5, 5.41) is 11.6. The van der Waals surface area contributed by atoms with Crippen LogP contribution in [0.3, 0.4) is 0 Å². The van der Waals surface area contributed by atoms with Crippen LogP contribution in [0.25, 0.3) is 0 Å². The Morgan fingerprint density at radius 3 is 2.31 bits per heavy atom. The van der Waals surface area contributed by atoms with E-state index in [0.717, 1.165) is 44.2 Å². The molecule has 0 aliphatic heterocycles. The third-order valence-corrected chi connectivity index (χ3v) is 4.66. The van der Waals surface area contributed by atoms with Gasteiger partial charge in [0.15, 0.2) is 0 Å². The standard InChI is InChI=1S/C23H38N6O3/c1-23(2,3)32-22(30)26-15-11-9-7-5-6-8-10-12-16-29(21(25)28-18-24)19-13-14-20(31-4)27-17-19/h13-14,17H,5-12,15-16H2,1-4H3,(H2,25,28)(H,26,30). The lowest BCUT2D eigenvalue weighted by molar-refractivity contribution is 0.0527. The topological polar surface area (TPSA) is 126 Å². The summed E-state index contributed by atoms with van der Waals surface area (Å²) in [7, 11) is 1.56. The number of guanidine groups is 1. The van der Waals surface area contributed by atoms with Crippen molar-refractivity contribution in [2.45, 2.75) is 77.7 Å². The molecule has 0 fully saturated rings. The second-order valence-corrected chi connectivity index (χ2v) is 8.54. The molecule has 0 spiro atoms. The summed E-state index contributed by atoms with van der Waals surface area (Å²) >= 11 is 0. The minimum atomic E-state index is -0.457. The number of carbonyl (C=O) groups is 1. The number of nitrogens with one attached hydrogen (secondary N) is 1. The van der Waals surface area contributed by atoms with Crippen LogP contribution in [0, 0.1) is 11.5 Å². The minimum absolute atomic E-state index is 0.166. The van der Waals surface area contributed by atoms with E-state index in [-0.39, 0.29) is 12.1 Å². The Kier molecular flexibility index (Phi) is 12.6. The zero-order valence-electron chi connectivity index (χ0n) is 19.9. The van der Waals surface area contributed by atoms with E-state index in [0.29, 0.717) is 19.0 Å². The molecule has 1 heterocycles. The number of pyridine rings is 1. The molecular formula is C23H38N6O3. The Bertz CT molecular complexity index is 738. The van der Waals surface area contributed by atoms with E-state index in [1.54, 1.807) is 30.5 Å². The minimum Gasteiger partial charge on any atom is -0.481 e. The number of ether oxygens (including phenoxy) is 2. The molecule has 1 amide bonds. The summed E-state index contributed by atoms with van der Waals surface area (Å²) in [4.78, 5) is 21.2. The second kappa shape index (κ2) is 14.9. The fourth-order valence-electron chi connectivity index (χ4n) is 3.10. The van der Waals surface area contributed by atoms with E-state index in [1.165, 1.54) is 12.8 Å². The SMILES string of the molecule is COc1ccc(N(CCCCCCCCCCNC(=O)OC(C)(C)C)C(N)=NC#N)cn1. The maximum absolute atomic E-state index is 11.6. The van der Waals surface area contributed by atoms with Gasteiger partial charge in [0.2, 0.25) is 18.0 Å². The molecule has 0 atom stereocenters. The number of unbranched alkanes of at least 4 members (excludes halogenated alkanes) is 7. The highest BCUT2D eigenvalue weighted by atomic mass is 16.6. The average Bonchev–Trinajstić information content (AvgIpc) is 2.73. The molecule has 0 radical (unpaired) electrons. The third-order valence-electron chi connectivity index (χ3n) is 4.66. The molecule has 0 aromatic carbocycles. The van der Waals surface area contributed by atoms with Gasteiger partial charge < -0.3 is 25.4 Å². The van der Waals surface area contributed by atoms with Crippen LogP contribution < -0.4 is 20.7 Å². The van der Waals surface area contributed by atoms with Crippen LogP contribution in [-0.4, -0.2) is 42.8 Å². The lowest BCUT2D eigenvalue weighted by Gasteiger charge is -2.22. The zero-order chi connectivity index (χ0) is 23.8. The van der Waals surface area contributed by atoms with Gasteiger partial charge in [-0.05, 0) is 39.7 Å². The van der Waals surface area contributed by atoms with Gasteiger partial charge in [0.25, 0.3) is 0 Å². The largest absolute Gasteiger partial charge is 0.481 e. The molecule has 0 aliphatic carbocycles. The third kappa shape index (κ3) is 12.0. The first-order valence-electron chi connectivity index (χ1n) is 11.2. The van der Waals surface area contributed by atoms with Crippen LogP contribution in [0.4, 0.5) is 10.5 Å². The highest BCUT2D eigenvalue weighted by Crippen LogP contribution is 2.17. The summed E-state index contributed by atoms with van der Waals surface area (Å²) < 4.78 is 10.3. The van der Waals surface area contributed by atoms with Crippen molar-refractivity contribution < 1.29 is 14.3 Å². The van der Waals surface area contributed by atoms with Crippen LogP contribution in [0.1, 0.15) is 72.1 Å². The molecule has 32 heavy (non-hydrogen) atoms. The summed E-state index contributed by atoms with van der Waals surface area (Å²) in [6.07, 6.45) is 11.8. The smallest absolute Gasteiger partial charge is 0.407 e. The number of methoxy groups -OCH3 is 1. The molecule has 1 aromatic heterocycles. The fourth-order valence-corrected chi connectivity index (χ4v) is 3.10. The first kappa shape index (κ1) is 27.0. The Balaban J connectivity index is 2.18. The van der Waals surface area contributed by atoms with Crippen molar-refractivity contribution in [3.05, 3.63) is 18.3 Å². The number of nitriles is 1. The Labute approximate surface area is 192 Å². The van der Waals surface area contributed by atoms with E-state index < -0.39 is 5.60 Å². The molecular weight excluding hydrogens is 408 g/mol. The van der Waals surface area contributed by atoms with Crippen molar-refractivity contribution in [3.63, 3.8) is 0 Å². The average molecular weight is 447 g/mol. The molecule has 9 heteroatoms. The van der Waals surface area contributed by atoms with E-state index in [4.69, 9.17) is 20.5 Å². The van der Waals surface area contributed by atoms with E-state index >= 15 is 0 Å². The molecule has 1 aromatic rings. The quantitative estimate of drug-likeness (QED) is 0.200. The molecule has 0 saturated carbocycles. The molecule has 9 nitrogen and oxygen atoms in total. The van der Waals surface area contributed by atoms with Gasteiger partial charge in [-0.15, -0.1) is 4.99 Å². The number of amides is 1. The van der Waals surface area contributed by atoms with E-state index in [1.807, 2.05) is 26.8 Å². The Morgan fingerprint density at radius 2 is 1.78 bits per heavy atom. The van der Waals surface area contributed by atoms with Crippen molar-refractivity contribution >= 4 is 17.7 Å². The Hall–Kier alpha value is -3.02. The number of aliphatic imine (C=N–C) groups is 1. The summed E-state index contributed by atoms with van der Waals surface area (Å²) in [5.74, 6) is 0.685. The summed E-state index contributed by atoms with van der Waals surface area (Å²) in [6.45, 7) is 6.89. The number of alkyl carbamates (subject to hydrolysis) is 1. The predicted molar refractivity (Wildman–Crippen MR) is 127 cm³/mol. The maximum atomic E-state index is 11.6. The van der Waals surface area contributed by atoms with Gasteiger partial charge >= 0.3 is 6.09 Å². The number of nitrogens with two attached hydrogens (primary N) is 1. The molecule has 178 valence electrons. The van der Waals surface area contributed by atoms with Crippen molar-refractivity contribution in [3.8, 4) is 12.1 Å². The molecule has 0 saturated heterocycles. The van der Waals surface area contributed by atoms with Crippen LogP contribution >= 0.6 is 0 Å². The van der Waals surface area contributed by atoms with Crippen LogP contribution in [0.15, 0.2) is 23.3 Å². The first-order chi connectivity index (χ1) is 15.3. The van der Waals surface area contributed by atoms with E-state index in [2.05, 4.69) is 15.3 Å². The normalized spacial score (nSPS) is 11.5. The fraction of sp³-hybridized carbons (Fsp3) is 0.652. The van der Waals surface area contributed by atoms with Crippen molar-refractivity contribution in [2.24, 2.45) is 10.7 Å². The summed E-state index contributed by atoms with van der Waals surface area (Å²) in [5.41, 5.74) is 6.28. The molecule has 1 rings (SSSR count). The number of carbonyl (C=O) groups excluding carboxylic acids is 1. The number of nitrogens with zero attached hydrogens (tertiary/aromatic N) is 4. The van der Waals surface area contributed by atoms with E-state index in [9.17, 15) is 4.79 Å². The Morgan fingerprint density at radius 1 is 1.16 bits per heavy atom.